The molecule has 0 aliphatic heterocycles. The van der Waals surface area contributed by atoms with Crippen LogP contribution in [0, 0.1) is 0 Å². The lowest BCUT2D eigenvalue weighted by Gasteiger charge is -2.25. The number of likely N-dealkylation sites (N-methyl/N-ethyl adjacent to an activating group) is 1. The summed E-state index contributed by atoms with van der Waals surface area (Å²) in [5, 5.41) is 0. The van der Waals surface area contributed by atoms with Gasteiger partial charge in [0.2, 0.25) is 0 Å². The lowest BCUT2D eigenvalue weighted by atomic mass is 10.1. The molecule has 0 heterocycles. The normalized spacial score (nSPS) is 12.4. The lowest BCUT2D eigenvalue weighted by Crippen LogP contribution is -2.32. The maximum atomic E-state index is 12.0. The summed E-state index contributed by atoms with van der Waals surface area (Å²) in [4.78, 5) is 13.9. The first-order valence-corrected chi connectivity index (χ1v) is 6.33. The van der Waals surface area contributed by atoms with E-state index in [1.807, 2.05) is 48.4 Å². The summed E-state index contributed by atoms with van der Waals surface area (Å²) >= 11 is 0. The molecule has 1 atom stereocenters. The molecule has 0 fully saturated rings. The van der Waals surface area contributed by atoms with Crippen LogP contribution < -0.4 is 4.74 Å². The molecule has 1 rings (SSSR count). The Labute approximate surface area is 120 Å². The standard InChI is InChI=1S/C16H21NO3/c1-5-6-7-12-17(2)15(16(18)20-4)13-8-10-14(19-3)11-9-13/h5-11,15H,1,12H2,2-4H3/b7-6-. The molecular weight excluding hydrogens is 254 g/mol. The van der Waals surface area contributed by atoms with Gasteiger partial charge in [0.1, 0.15) is 11.8 Å². The molecule has 0 saturated carbocycles. The largest absolute Gasteiger partial charge is 0.497 e. The first-order chi connectivity index (χ1) is 9.63. The van der Waals surface area contributed by atoms with E-state index in [0.29, 0.717) is 6.54 Å². The number of nitrogens with zero attached hydrogens (tertiary/aromatic N) is 1. The Morgan fingerprint density at radius 3 is 2.50 bits per heavy atom. The van der Waals surface area contributed by atoms with Crippen molar-refractivity contribution < 1.29 is 14.3 Å². The first-order valence-electron chi connectivity index (χ1n) is 6.33. The van der Waals surface area contributed by atoms with Gasteiger partial charge in [-0.1, -0.05) is 36.9 Å². The van der Waals surface area contributed by atoms with Gasteiger partial charge in [-0.25, -0.2) is 4.79 Å². The van der Waals surface area contributed by atoms with Crippen LogP contribution in [-0.4, -0.2) is 38.7 Å². The highest BCUT2D eigenvalue weighted by Gasteiger charge is 2.25. The van der Waals surface area contributed by atoms with Gasteiger partial charge in [0.15, 0.2) is 0 Å². The molecule has 0 amide bonds. The number of carbonyl (C=O) groups excluding carboxylic acids is 1. The smallest absolute Gasteiger partial charge is 0.327 e. The first kappa shape index (κ1) is 16.0. The Bertz CT molecular complexity index is 465. The summed E-state index contributed by atoms with van der Waals surface area (Å²) < 4.78 is 10.0. The van der Waals surface area contributed by atoms with E-state index in [2.05, 4.69) is 6.58 Å². The molecule has 0 bridgehead atoms. The highest BCUT2D eigenvalue weighted by atomic mass is 16.5. The fraction of sp³-hybridized carbons (Fsp3) is 0.312. The minimum absolute atomic E-state index is 0.287. The molecular formula is C16H21NO3. The molecule has 0 aromatic heterocycles. The maximum Gasteiger partial charge on any atom is 0.327 e. The van der Waals surface area contributed by atoms with Gasteiger partial charge in [-0.05, 0) is 24.7 Å². The van der Waals surface area contributed by atoms with Crippen molar-refractivity contribution in [2.45, 2.75) is 6.04 Å². The van der Waals surface area contributed by atoms with Crippen molar-refractivity contribution in [2.75, 3.05) is 27.8 Å². The molecule has 0 aliphatic rings. The van der Waals surface area contributed by atoms with Gasteiger partial charge in [0.05, 0.1) is 14.2 Å². The predicted molar refractivity (Wildman–Crippen MR) is 79.7 cm³/mol. The Morgan fingerprint density at radius 2 is 2.00 bits per heavy atom. The van der Waals surface area contributed by atoms with Crippen molar-refractivity contribution in [3.8, 4) is 5.75 Å². The van der Waals surface area contributed by atoms with Crippen molar-refractivity contribution in [3.05, 3.63) is 54.6 Å². The SMILES string of the molecule is C=C/C=C\CN(C)C(C(=O)OC)c1ccc(OC)cc1. The second kappa shape index (κ2) is 8.17. The Balaban J connectivity index is 2.95. The number of methoxy groups -OCH3 is 2. The molecule has 0 N–H and O–H groups in total. The van der Waals surface area contributed by atoms with E-state index in [4.69, 9.17) is 9.47 Å². The zero-order valence-electron chi connectivity index (χ0n) is 12.2. The van der Waals surface area contributed by atoms with Crippen LogP contribution in [0.2, 0.25) is 0 Å². The van der Waals surface area contributed by atoms with Crippen LogP contribution in [-0.2, 0) is 9.53 Å². The average Bonchev–Trinajstić information content (AvgIpc) is 2.48. The van der Waals surface area contributed by atoms with Gasteiger partial charge < -0.3 is 9.47 Å². The molecule has 0 radical (unpaired) electrons. The zero-order valence-corrected chi connectivity index (χ0v) is 12.2. The van der Waals surface area contributed by atoms with Crippen molar-refractivity contribution in [3.63, 3.8) is 0 Å². The second-order valence-corrected chi connectivity index (χ2v) is 4.30. The summed E-state index contributed by atoms with van der Waals surface area (Å²) in [7, 11) is 4.88. The van der Waals surface area contributed by atoms with Crippen LogP contribution in [0.5, 0.6) is 5.75 Å². The Kier molecular flexibility index (Phi) is 6.53. The molecule has 20 heavy (non-hydrogen) atoms. The number of hydrogen-bond donors (Lipinski definition) is 0. The number of ether oxygens (including phenoxy) is 2. The summed E-state index contributed by atoms with van der Waals surface area (Å²) in [6.45, 7) is 4.24. The fourth-order valence-electron chi connectivity index (χ4n) is 1.90. The summed E-state index contributed by atoms with van der Waals surface area (Å²) in [6, 6.07) is 6.96. The van der Waals surface area contributed by atoms with Gasteiger partial charge in [-0.2, -0.15) is 0 Å². The Hall–Kier alpha value is -2.07. The van der Waals surface area contributed by atoms with E-state index in [1.165, 1.54) is 7.11 Å². The van der Waals surface area contributed by atoms with Crippen LogP contribution in [0.1, 0.15) is 11.6 Å². The molecule has 0 saturated heterocycles. The Morgan fingerprint density at radius 1 is 1.35 bits per heavy atom. The number of rotatable bonds is 7. The van der Waals surface area contributed by atoms with Gasteiger partial charge in [-0.15, -0.1) is 0 Å². The predicted octanol–water partition coefficient (Wildman–Crippen LogP) is 2.58. The number of allylic oxidation sites excluding steroid dienone is 2. The molecule has 4 heteroatoms. The van der Waals surface area contributed by atoms with Crippen LogP contribution in [0.25, 0.3) is 0 Å². The molecule has 1 aromatic carbocycles. The van der Waals surface area contributed by atoms with Gasteiger partial charge >= 0.3 is 5.97 Å². The number of carbonyl (C=O) groups is 1. The third-order valence-corrected chi connectivity index (χ3v) is 2.96. The molecule has 1 aromatic rings. The zero-order chi connectivity index (χ0) is 15.0. The van der Waals surface area contributed by atoms with Gasteiger partial charge in [0, 0.05) is 6.54 Å². The minimum Gasteiger partial charge on any atom is -0.497 e. The lowest BCUT2D eigenvalue weighted by molar-refractivity contribution is -0.146. The van der Waals surface area contributed by atoms with E-state index in [0.717, 1.165) is 11.3 Å². The van der Waals surface area contributed by atoms with Crippen molar-refractivity contribution in [1.29, 1.82) is 0 Å². The van der Waals surface area contributed by atoms with E-state index in [9.17, 15) is 4.79 Å². The van der Waals surface area contributed by atoms with E-state index in [1.54, 1.807) is 13.2 Å². The summed E-state index contributed by atoms with van der Waals surface area (Å²) in [5.74, 6) is 0.469. The van der Waals surface area contributed by atoms with Crippen LogP contribution in [0.3, 0.4) is 0 Å². The summed E-state index contributed by atoms with van der Waals surface area (Å²) in [5.41, 5.74) is 0.868. The number of hydrogen-bond acceptors (Lipinski definition) is 4. The third-order valence-electron chi connectivity index (χ3n) is 2.96. The molecule has 4 nitrogen and oxygen atoms in total. The highest BCUT2D eigenvalue weighted by Crippen LogP contribution is 2.23. The molecule has 0 aliphatic carbocycles. The number of benzene rings is 1. The molecule has 108 valence electrons. The van der Waals surface area contributed by atoms with Crippen molar-refractivity contribution in [1.82, 2.24) is 4.90 Å². The van der Waals surface area contributed by atoms with Gasteiger partial charge in [0.25, 0.3) is 0 Å². The quantitative estimate of drug-likeness (QED) is 0.566. The maximum absolute atomic E-state index is 12.0. The molecule has 0 spiro atoms. The van der Waals surface area contributed by atoms with Crippen molar-refractivity contribution in [2.24, 2.45) is 0 Å². The fourth-order valence-corrected chi connectivity index (χ4v) is 1.90. The van der Waals surface area contributed by atoms with E-state index < -0.39 is 6.04 Å². The van der Waals surface area contributed by atoms with Crippen molar-refractivity contribution >= 4 is 5.97 Å². The topological polar surface area (TPSA) is 38.8 Å². The van der Waals surface area contributed by atoms with Crippen LogP contribution >= 0.6 is 0 Å². The number of esters is 1. The van der Waals surface area contributed by atoms with E-state index in [-0.39, 0.29) is 5.97 Å². The van der Waals surface area contributed by atoms with Gasteiger partial charge in [-0.3, -0.25) is 4.90 Å². The minimum atomic E-state index is -0.444. The summed E-state index contributed by atoms with van der Waals surface area (Å²) in [6.07, 6.45) is 5.49. The monoisotopic (exact) mass is 275 g/mol. The second-order valence-electron chi connectivity index (χ2n) is 4.30. The van der Waals surface area contributed by atoms with E-state index >= 15 is 0 Å². The van der Waals surface area contributed by atoms with Crippen LogP contribution in [0.15, 0.2) is 49.1 Å². The molecule has 1 unspecified atom stereocenters. The highest BCUT2D eigenvalue weighted by molar-refractivity contribution is 5.77. The van der Waals surface area contributed by atoms with Crippen LogP contribution in [0.4, 0.5) is 0 Å². The third kappa shape index (κ3) is 4.24. The average molecular weight is 275 g/mol.